The summed E-state index contributed by atoms with van der Waals surface area (Å²) >= 11 is 1.52. The van der Waals surface area contributed by atoms with Crippen LogP contribution in [0.4, 0.5) is 0 Å². The number of aryl methyl sites for hydroxylation is 1. The second kappa shape index (κ2) is 8.33. The summed E-state index contributed by atoms with van der Waals surface area (Å²) < 4.78 is 37.2. The van der Waals surface area contributed by atoms with E-state index in [9.17, 15) is 8.42 Å². The number of sulfonamides is 1. The Balaban J connectivity index is 1.37. The van der Waals surface area contributed by atoms with Crippen LogP contribution in [0, 0.1) is 13.8 Å². The Kier molecular flexibility index (Phi) is 5.48. The fraction of sp³-hybridized carbons (Fsp3) is 0.208. The monoisotopic (exact) mass is 481 g/mol. The zero-order chi connectivity index (χ0) is 23.2. The van der Waals surface area contributed by atoms with Crippen LogP contribution < -0.4 is 14.6 Å². The fourth-order valence-electron chi connectivity index (χ4n) is 4.02. The first-order chi connectivity index (χ1) is 15.8. The fourth-order valence-corrected chi connectivity index (χ4v) is 5.36. The van der Waals surface area contributed by atoms with Gasteiger partial charge in [0, 0.05) is 27.9 Å². The maximum absolute atomic E-state index is 11.5. The molecule has 9 heteroatoms. The average molecular weight is 482 g/mol. The summed E-state index contributed by atoms with van der Waals surface area (Å²) in [6, 6.07) is 16.3. The van der Waals surface area contributed by atoms with Gasteiger partial charge in [0.25, 0.3) is 0 Å². The summed E-state index contributed by atoms with van der Waals surface area (Å²) in [6.07, 6.45) is -0.0825. The molecule has 7 nitrogen and oxygen atoms in total. The molecule has 1 atom stereocenters. The van der Waals surface area contributed by atoms with E-state index in [1.54, 1.807) is 12.1 Å². The van der Waals surface area contributed by atoms with E-state index in [2.05, 4.69) is 24.5 Å². The molecule has 170 valence electrons. The first-order valence-corrected chi connectivity index (χ1v) is 12.9. The van der Waals surface area contributed by atoms with Gasteiger partial charge >= 0.3 is 0 Å². The van der Waals surface area contributed by atoms with Crippen molar-refractivity contribution in [2.75, 3.05) is 6.61 Å². The maximum atomic E-state index is 11.5. The van der Waals surface area contributed by atoms with Crippen molar-refractivity contribution in [2.45, 2.75) is 31.4 Å². The van der Waals surface area contributed by atoms with Crippen molar-refractivity contribution in [2.24, 2.45) is 5.14 Å². The Morgan fingerprint density at radius 3 is 2.58 bits per heavy atom. The minimum absolute atomic E-state index is 0.0825. The van der Waals surface area contributed by atoms with Gasteiger partial charge in [-0.3, -0.25) is 0 Å². The van der Waals surface area contributed by atoms with Crippen LogP contribution in [-0.2, 0) is 16.6 Å². The van der Waals surface area contributed by atoms with E-state index in [0.717, 1.165) is 44.7 Å². The number of nitrogens with zero attached hydrogens (tertiary/aromatic N) is 2. The number of rotatable bonds is 5. The lowest BCUT2D eigenvalue weighted by atomic mass is 10.2. The molecule has 1 aliphatic rings. The number of ether oxygens (including phenoxy) is 2. The van der Waals surface area contributed by atoms with Crippen molar-refractivity contribution in [3.63, 3.8) is 0 Å². The number of thiazole rings is 1. The van der Waals surface area contributed by atoms with Crippen LogP contribution in [0.2, 0.25) is 0 Å². The van der Waals surface area contributed by atoms with E-state index in [-0.39, 0.29) is 11.0 Å². The number of primary sulfonamides is 1. The van der Waals surface area contributed by atoms with Crippen molar-refractivity contribution in [1.82, 2.24) is 9.55 Å². The number of hydrogen-bond acceptors (Lipinski definition) is 6. The molecule has 2 aromatic heterocycles. The van der Waals surface area contributed by atoms with Crippen molar-refractivity contribution in [3.05, 3.63) is 71.4 Å². The molecule has 0 spiro atoms. The normalized spacial score (nSPS) is 15.5. The molecular weight excluding hydrogens is 458 g/mol. The van der Waals surface area contributed by atoms with E-state index in [0.29, 0.717) is 13.2 Å². The molecule has 2 N–H and O–H groups in total. The summed E-state index contributed by atoms with van der Waals surface area (Å²) in [5.74, 6) is 1.55. The Bertz CT molecular complexity index is 1420. The molecule has 0 fully saturated rings. The largest absolute Gasteiger partial charge is 0.486 e. The molecule has 0 aliphatic carbocycles. The van der Waals surface area contributed by atoms with Crippen molar-refractivity contribution in [1.29, 1.82) is 0 Å². The van der Waals surface area contributed by atoms with Crippen molar-refractivity contribution < 1.29 is 17.9 Å². The average Bonchev–Trinajstić information content (AvgIpc) is 3.39. The first kappa shape index (κ1) is 21.7. The molecule has 33 heavy (non-hydrogen) atoms. The zero-order valence-electron chi connectivity index (χ0n) is 18.2. The van der Waals surface area contributed by atoms with Gasteiger partial charge in [0.1, 0.15) is 11.6 Å². The number of benzene rings is 2. The van der Waals surface area contributed by atoms with Crippen molar-refractivity contribution in [3.8, 4) is 33.3 Å². The highest BCUT2D eigenvalue weighted by Gasteiger charge is 2.23. The van der Waals surface area contributed by atoms with E-state index in [4.69, 9.17) is 19.6 Å². The van der Waals surface area contributed by atoms with Gasteiger partial charge in [-0.05, 0) is 44.2 Å². The van der Waals surface area contributed by atoms with E-state index in [1.165, 1.54) is 23.5 Å². The van der Waals surface area contributed by atoms with Gasteiger partial charge in [0.05, 0.1) is 17.1 Å². The van der Waals surface area contributed by atoms with Crippen molar-refractivity contribution >= 4 is 21.4 Å². The number of fused-ring (bicyclic) bond motifs is 1. The molecule has 0 bridgehead atoms. The Hall–Kier alpha value is -3.14. The van der Waals surface area contributed by atoms with Gasteiger partial charge in [0.2, 0.25) is 10.0 Å². The highest BCUT2D eigenvalue weighted by Crippen LogP contribution is 2.34. The smallest absolute Gasteiger partial charge is 0.238 e. The third-order valence-corrected chi connectivity index (χ3v) is 7.56. The van der Waals surface area contributed by atoms with Gasteiger partial charge in [-0.1, -0.05) is 24.3 Å². The molecule has 4 aromatic rings. The first-order valence-electron chi connectivity index (χ1n) is 10.4. The Morgan fingerprint density at radius 1 is 1.12 bits per heavy atom. The molecule has 0 radical (unpaired) electrons. The molecule has 0 saturated heterocycles. The van der Waals surface area contributed by atoms with Crippen LogP contribution in [-0.4, -0.2) is 30.7 Å². The topological polar surface area (TPSA) is 96.4 Å². The van der Waals surface area contributed by atoms with E-state index < -0.39 is 10.0 Å². The molecule has 5 rings (SSSR count). The molecule has 0 amide bonds. The van der Waals surface area contributed by atoms with Gasteiger partial charge < -0.3 is 14.0 Å². The summed E-state index contributed by atoms with van der Waals surface area (Å²) in [5, 5.41) is 8.02. The predicted molar refractivity (Wildman–Crippen MR) is 128 cm³/mol. The third-order valence-electron chi connectivity index (χ3n) is 5.74. The second-order valence-corrected chi connectivity index (χ2v) is 10.4. The number of para-hydroxylation sites is 2. The summed E-state index contributed by atoms with van der Waals surface area (Å²) in [5.41, 5.74) is 5.02. The van der Waals surface area contributed by atoms with Gasteiger partial charge in [0.15, 0.2) is 17.6 Å². The number of nitrogens with two attached hydrogens (primary N) is 1. The standard InChI is InChI=1S/C24H23N3O4S2/c1-15-11-20(16(2)27(15)12-18-13-30-22-5-3-4-6-23(22)31-18)21-14-32-24(26-21)17-7-9-19(10-8-17)33(25,28)29/h3-11,14,18H,12-13H2,1-2H3,(H2,25,28,29). The van der Waals surface area contributed by atoms with Crippen LogP contribution in [0.3, 0.4) is 0 Å². The third kappa shape index (κ3) is 4.27. The molecule has 3 heterocycles. The summed E-state index contributed by atoms with van der Waals surface area (Å²) in [4.78, 5) is 4.89. The van der Waals surface area contributed by atoms with Crippen LogP contribution in [0.25, 0.3) is 21.8 Å². The lowest BCUT2D eigenvalue weighted by molar-refractivity contribution is 0.0778. The quantitative estimate of drug-likeness (QED) is 0.456. The van der Waals surface area contributed by atoms with Crippen LogP contribution in [0.1, 0.15) is 11.4 Å². The van der Waals surface area contributed by atoms with E-state index in [1.807, 2.05) is 29.6 Å². The van der Waals surface area contributed by atoms with Crippen LogP contribution in [0.5, 0.6) is 11.5 Å². The zero-order valence-corrected chi connectivity index (χ0v) is 19.8. The Morgan fingerprint density at radius 2 is 1.85 bits per heavy atom. The highest BCUT2D eigenvalue weighted by atomic mass is 32.2. The lowest BCUT2D eigenvalue weighted by Crippen LogP contribution is -2.33. The maximum Gasteiger partial charge on any atom is 0.238 e. The summed E-state index contributed by atoms with van der Waals surface area (Å²) in [7, 11) is -3.71. The van der Waals surface area contributed by atoms with Crippen LogP contribution >= 0.6 is 11.3 Å². The number of hydrogen-bond donors (Lipinski definition) is 1. The van der Waals surface area contributed by atoms with E-state index >= 15 is 0 Å². The molecule has 1 aliphatic heterocycles. The molecule has 2 aromatic carbocycles. The minimum Gasteiger partial charge on any atom is -0.486 e. The highest BCUT2D eigenvalue weighted by molar-refractivity contribution is 7.89. The number of aromatic nitrogens is 2. The van der Waals surface area contributed by atoms with Gasteiger partial charge in [-0.15, -0.1) is 11.3 Å². The Labute approximate surface area is 196 Å². The predicted octanol–water partition coefficient (Wildman–Crippen LogP) is 4.38. The molecular formula is C24H23N3O4S2. The lowest BCUT2D eigenvalue weighted by Gasteiger charge is -2.27. The van der Waals surface area contributed by atoms with Gasteiger partial charge in [-0.25, -0.2) is 18.5 Å². The molecule has 0 saturated carbocycles. The van der Waals surface area contributed by atoms with Crippen LogP contribution in [0.15, 0.2) is 64.9 Å². The summed E-state index contributed by atoms with van der Waals surface area (Å²) in [6.45, 7) is 5.34. The molecule has 1 unspecified atom stereocenters. The second-order valence-electron chi connectivity index (χ2n) is 8.00. The minimum atomic E-state index is -3.71. The van der Waals surface area contributed by atoms with Gasteiger partial charge in [-0.2, -0.15) is 0 Å². The SMILES string of the molecule is Cc1cc(-c2csc(-c3ccc(S(N)(=O)=O)cc3)n2)c(C)n1CC1COc2ccccc2O1.